The van der Waals surface area contributed by atoms with Gasteiger partial charge in [0.15, 0.2) is 5.69 Å². The number of hydrogen-bond donors (Lipinski definition) is 1. The second-order valence-corrected chi connectivity index (χ2v) is 8.58. The summed E-state index contributed by atoms with van der Waals surface area (Å²) in [4.78, 5) is 25.3. The van der Waals surface area contributed by atoms with Crippen molar-refractivity contribution in [3.05, 3.63) is 35.0 Å². The average molecular weight is 384 g/mol. The second kappa shape index (κ2) is 6.58. The van der Waals surface area contributed by atoms with Gasteiger partial charge in [0.05, 0.1) is 11.8 Å². The largest absolute Gasteiger partial charge is 0.477 e. The topological polar surface area (TPSA) is 113 Å². The summed E-state index contributed by atoms with van der Waals surface area (Å²) in [7, 11) is -2.10. The minimum atomic E-state index is -3.55. The molecule has 0 radical (unpaired) electrons. The smallest absolute Gasteiger partial charge is 0.354 e. The summed E-state index contributed by atoms with van der Waals surface area (Å²) in [6.45, 7) is 0.706. The zero-order valence-corrected chi connectivity index (χ0v) is 15.0. The van der Waals surface area contributed by atoms with Crippen molar-refractivity contribution in [3.63, 3.8) is 0 Å². The highest BCUT2D eigenvalue weighted by molar-refractivity contribution is 7.91. The van der Waals surface area contributed by atoms with Gasteiger partial charge in [-0.3, -0.25) is 9.48 Å². The molecule has 1 amide bonds. The molecule has 0 aromatic carbocycles. The molecule has 1 fully saturated rings. The number of piperazine rings is 1. The van der Waals surface area contributed by atoms with Crippen molar-refractivity contribution in [2.75, 3.05) is 26.2 Å². The lowest BCUT2D eigenvalue weighted by Gasteiger charge is -2.33. The van der Waals surface area contributed by atoms with Crippen LogP contribution >= 0.6 is 11.3 Å². The summed E-state index contributed by atoms with van der Waals surface area (Å²) in [5.41, 5.74) is -0.178. The van der Waals surface area contributed by atoms with E-state index >= 15 is 0 Å². The van der Waals surface area contributed by atoms with E-state index in [4.69, 9.17) is 0 Å². The number of rotatable bonds is 4. The van der Waals surface area contributed by atoms with Gasteiger partial charge in [-0.05, 0) is 11.4 Å². The molecule has 25 heavy (non-hydrogen) atoms. The van der Waals surface area contributed by atoms with Crippen molar-refractivity contribution in [3.8, 4) is 0 Å². The lowest BCUT2D eigenvalue weighted by atomic mass is 10.2. The number of carbonyl (C=O) groups excluding carboxylic acids is 1. The van der Waals surface area contributed by atoms with E-state index in [1.807, 2.05) is 0 Å². The van der Waals surface area contributed by atoms with Crippen molar-refractivity contribution < 1.29 is 23.1 Å². The standard InChI is InChI=1S/C14H16N4O5S2/c1-16-12(14(20)21)10(9-15-16)13(19)17-4-6-18(7-5-17)25(22,23)11-3-2-8-24-11/h2-3,8-9H,4-7H2,1H3,(H,20,21). The van der Waals surface area contributed by atoms with Crippen molar-refractivity contribution in [1.29, 1.82) is 0 Å². The molecule has 0 spiro atoms. The van der Waals surface area contributed by atoms with Crippen molar-refractivity contribution in [2.45, 2.75) is 4.21 Å². The van der Waals surface area contributed by atoms with Crippen LogP contribution in [0.2, 0.25) is 0 Å². The summed E-state index contributed by atoms with van der Waals surface area (Å²) in [6, 6.07) is 3.22. The van der Waals surface area contributed by atoms with Crippen LogP contribution in [-0.4, -0.2) is 70.6 Å². The first-order valence-electron chi connectivity index (χ1n) is 7.40. The molecule has 1 saturated heterocycles. The maximum absolute atomic E-state index is 12.6. The summed E-state index contributed by atoms with van der Waals surface area (Å²) in [6.07, 6.45) is 1.22. The lowest BCUT2D eigenvalue weighted by Crippen LogP contribution is -2.50. The monoisotopic (exact) mass is 384 g/mol. The van der Waals surface area contributed by atoms with Crippen LogP contribution in [0.4, 0.5) is 0 Å². The number of aromatic nitrogens is 2. The highest BCUT2D eigenvalue weighted by Crippen LogP contribution is 2.22. The molecule has 3 heterocycles. The van der Waals surface area contributed by atoms with E-state index in [-0.39, 0.29) is 41.6 Å². The quantitative estimate of drug-likeness (QED) is 0.813. The number of sulfonamides is 1. The van der Waals surface area contributed by atoms with Gasteiger partial charge in [-0.2, -0.15) is 9.40 Å². The van der Waals surface area contributed by atoms with E-state index in [2.05, 4.69) is 5.10 Å². The minimum absolute atomic E-state index is 0.00423. The second-order valence-electron chi connectivity index (χ2n) is 5.46. The maximum atomic E-state index is 12.6. The Morgan fingerprint density at radius 1 is 1.24 bits per heavy atom. The summed E-state index contributed by atoms with van der Waals surface area (Å²) < 4.78 is 27.7. The number of carboxylic acids is 1. The van der Waals surface area contributed by atoms with Crippen LogP contribution in [0.25, 0.3) is 0 Å². The maximum Gasteiger partial charge on any atom is 0.354 e. The van der Waals surface area contributed by atoms with Gasteiger partial charge in [-0.25, -0.2) is 13.2 Å². The van der Waals surface area contributed by atoms with E-state index in [0.29, 0.717) is 0 Å². The van der Waals surface area contributed by atoms with Gasteiger partial charge in [-0.15, -0.1) is 11.3 Å². The molecular formula is C14H16N4O5S2. The summed E-state index contributed by atoms with van der Waals surface area (Å²) in [5, 5.41) is 14.7. The molecule has 1 N–H and O–H groups in total. The first kappa shape index (κ1) is 17.6. The SMILES string of the molecule is Cn1ncc(C(=O)N2CCN(S(=O)(=O)c3cccs3)CC2)c1C(=O)O. The Kier molecular flexibility index (Phi) is 4.62. The van der Waals surface area contributed by atoms with Crippen LogP contribution in [0.3, 0.4) is 0 Å². The summed E-state index contributed by atoms with van der Waals surface area (Å²) >= 11 is 1.15. The Labute approximate surface area is 148 Å². The van der Waals surface area contributed by atoms with Gasteiger partial charge in [0.25, 0.3) is 15.9 Å². The zero-order chi connectivity index (χ0) is 18.2. The van der Waals surface area contributed by atoms with Crippen molar-refractivity contribution in [1.82, 2.24) is 19.0 Å². The number of aromatic carboxylic acids is 1. The Hall–Kier alpha value is -2.24. The number of carboxylic acid groups (broad SMARTS) is 1. The van der Waals surface area contributed by atoms with Gasteiger partial charge in [-0.1, -0.05) is 6.07 Å². The molecule has 9 nitrogen and oxygen atoms in total. The predicted octanol–water partition coefficient (Wildman–Crippen LogP) is 0.326. The van der Waals surface area contributed by atoms with Crippen LogP contribution < -0.4 is 0 Å². The van der Waals surface area contributed by atoms with Crippen LogP contribution in [-0.2, 0) is 17.1 Å². The molecule has 0 saturated carbocycles. The summed E-state index contributed by atoms with van der Waals surface area (Å²) in [5.74, 6) is -1.69. The van der Waals surface area contributed by atoms with E-state index in [1.165, 1.54) is 22.4 Å². The number of aryl methyl sites for hydroxylation is 1. The van der Waals surface area contributed by atoms with Crippen molar-refractivity contribution in [2.24, 2.45) is 7.05 Å². The van der Waals surface area contributed by atoms with Crippen LogP contribution in [0.15, 0.2) is 27.9 Å². The number of nitrogens with zero attached hydrogens (tertiary/aromatic N) is 4. The first-order valence-corrected chi connectivity index (χ1v) is 9.72. The molecule has 2 aromatic heterocycles. The highest BCUT2D eigenvalue weighted by atomic mass is 32.2. The number of amides is 1. The third kappa shape index (κ3) is 3.17. The Bertz CT molecular complexity index is 896. The first-order chi connectivity index (χ1) is 11.8. The van der Waals surface area contributed by atoms with E-state index in [0.717, 1.165) is 16.0 Å². The molecule has 11 heteroatoms. The zero-order valence-electron chi connectivity index (χ0n) is 13.3. The number of thiophene rings is 1. The molecule has 1 aliphatic rings. The van der Waals surface area contributed by atoms with Crippen LogP contribution in [0, 0.1) is 0 Å². The molecular weight excluding hydrogens is 368 g/mol. The van der Waals surface area contributed by atoms with Gasteiger partial charge >= 0.3 is 5.97 Å². The Morgan fingerprint density at radius 2 is 1.92 bits per heavy atom. The molecule has 0 unspecified atom stereocenters. The van der Waals surface area contributed by atoms with Gasteiger partial charge in [0, 0.05) is 33.2 Å². The lowest BCUT2D eigenvalue weighted by molar-refractivity contribution is 0.0648. The van der Waals surface area contributed by atoms with E-state index < -0.39 is 21.9 Å². The van der Waals surface area contributed by atoms with Gasteiger partial charge in [0.1, 0.15) is 4.21 Å². The highest BCUT2D eigenvalue weighted by Gasteiger charge is 2.32. The van der Waals surface area contributed by atoms with E-state index in [9.17, 15) is 23.1 Å². The fourth-order valence-electron chi connectivity index (χ4n) is 2.69. The predicted molar refractivity (Wildman–Crippen MR) is 89.1 cm³/mol. The fourth-order valence-corrected chi connectivity index (χ4v) is 5.25. The molecule has 0 atom stereocenters. The van der Waals surface area contributed by atoms with Gasteiger partial charge < -0.3 is 10.0 Å². The molecule has 3 rings (SSSR count). The Morgan fingerprint density at radius 3 is 2.48 bits per heavy atom. The molecule has 1 aliphatic heterocycles. The molecule has 0 aliphatic carbocycles. The third-order valence-corrected chi connectivity index (χ3v) is 7.26. The number of hydrogen-bond acceptors (Lipinski definition) is 6. The average Bonchev–Trinajstić information content (AvgIpc) is 3.24. The molecule has 134 valence electrons. The minimum Gasteiger partial charge on any atom is -0.477 e. The third-order valence-electron chi connectivity index (χ3n) is 3.99. The number of carbonyl (C=O) groups is 2. The van der Waals surface area contributed by atoms with Gasteiger partial charge in [0.2, 0.25) is 0 Å². The van der Waals surface area contributed by atoms with E-state index in [1.54, 1.807) is 17.5 Å². The Balaban J connectivity index is 1.73. The normalized spacial score (nSPS) is 16.1. The molecule has 2 aromatic rings. The van der Waals surface area contributed by atoms with Crippen LogP contribution in [0.5, 0.6) is 0 Å². The van der Waals surface area contributed by atoms with Crippen LogP contribution in [0.1, 0.15) is 20.8 Å². The molecule has 0 bridgehead atoms. The van der Waals surface area contributed by atoms with Crippen molar-refractivity contribution >= 4 is 33.2 Å². The fraction of sp³-hybridized carbons (Fsp3) is 0.357.